The lowest BCUT2D eigenvalue weighted by atomic mass is 10.1. The number of halogens is 2. The molecule has 0 fully saturated rings. The van der Waals surface area contributed by atoms with Crippen molar-refractivity contribution in [2.24, 2.45) is 0 Å². The van der Waals surface area contributed by atoms with Gasteiger partial charge in [0, 0.05) is 24.3 Å². The van der Waals surface area contributed by atoms with Crippen LogP contribution in [0.5, 0.6) is 0 Å². The second kappa shape index (κ2) is 9.85. The second-order valence-corrected chi connectivity index (χ2v) is 6.81. The van der Waals surface area contributed by atoms with Gasteiger partial charge in [0.15, 0.2) is 0 Å². The van der Waals surface area contributed by atoms with Crippen molar-refractivity contribution < 1.29 is 9.18 Å². The Balaban J connectivity index is 1.42. The minimum atomic E-state index is -0.264. The number of carbonyl (C=O) groups excluding carboxylic acids is 1. The molecule has 1 aromatic heterocycles. The SMILES string of the molecule is O=C(NCCc1ccc(F)cc1)c1ccc(NCCc2cccc(Cl)c2)nc1. The van der Waals surface area contributed by atoms with Crippen LogP contribution in [-0.2, 0) is 12.8 Å². The lowest BCUT2D eigenvalue weighted by Gasteiger charge is -2.08. The predicted molar refractivity (Wildman–Crippen MR) is 110 cm³/mol. The molecule has 0 radical (unpaired) electrons. The molecule has 2 N–H and O–H groups in total. The first-order valence-electron chi connectivity index (χ1n) is 9.07. The molecule has 2 aromatic carbocycles. The van der Waals surface area contributed by atoms with Crippen LogP contribution in [0, 0.1) is 5.82 Å². The summed E-state index contributed by atoms with van der Waals surface area (Å²) in [5.74, 6) is 0.269. The molecule has 28 heavy (non-hydrogen) atoms. The van der Waals surface area contributed by atoms with Gasteiger partial charge < -0.3 is 10.6 Å². The van der Waals surface area contributed by atoms with Crippen LogP contribution in [0.3, 0.4) is 0 Å². The Hall–Kier alpha value is -2.92. The lowest BCUT2D eigenvalue weighted by Crippen LogP contribution is -2.25. The first-order chi connectivity index (χ1) is 13.6. The van der Waals surface area contributed by atoms with Crippen molar-refractivity contribution in [1.29, 1.82) is 0 Å². The Labute approximate surface area is 168 Å². The van der Waals surface area contributed by atoms with Gasteiger partial charge in [-0.05, 0) is 60.4 Å². The number of carbonyl (C=O) groups is 1. The number of nitrogens with one attached hydrogen (secondary N) is 2. The number of amides is 1. The number of nitrogens with zero attached hydrogens (tertiary/aromatic N) is 1. The standard InChI is InChI=1S/C22H21ClFN3O/c23-19-3-1-2-17(14-19)11-12-25-21-9-6-18(15-27-21)22(28)26-13-10-16-4-7-20(24)8-5-16/h1-9,14-15H,10-13H2,(H,25,27)(H,26,28). The molecule has 0 spiro atoms. The third-order valence-electron chi connectivity index (χ3n) is 4.25. The fourth-order valence-electron chi connectivity index (χ4n) is 2.73. The topological polar surface area (TPSA) is 54.0 Å². The summed E-state index contributed by atoms with van der Waals surface area (Å²) in [5.41, 5.74) is 2.62. The Morgan fingerprint density at radius 2 is 1.75 bits per heavy atom. The van der Waals surface area contributed by atoms with E-state index >= 15 is 0 Å². The van der Waals surface area contributed by atoms with Gasteiger partial charge in [-0.25, -0.2) is 9.37 Å². The molecule has 1 heterocycles. The Kier molecular flexibility index (Phi) is 6.98. The molecular weight excluding hydrogens is 377 g/mol. The van der Waals surface area contributed by atoms with Gasteiger partial charge in [0.25, 0.3) is 5.91 Å². The van der Waals surface area contributed by atoms with Gasteiger partial charge in [-0.3, -0.25) is 4.79 Å². The van der Waals surface area contributed by atoms with E-state index in [4.69, 9.17) is 11.6 Å². The molecule has 0 bridgehead atoms. The molecule has 144 valence electrons. The van der Waals surface area contributed by atoms with Crippen molar-refractivity contribution in [3.05, 3.63) is 94.4 Å². The van der Waals surface area contributed by atoms with E-state index in [2.05, 4.69) is 15.6 Å². The molecule has 0 aliphatic rings. The molecule has 3 aromatic rings. The van der Waals surface area contributed by atoms with Crippen molar-refractivity contribution in [2.45, 2.75) is 12.8 Å². The molecule has 0 saturated heterocycles. The summed E-state index contributed by atoms with van der Waals surface area (Å²) >= 11 is 5.98. The van der Waals surface area contributed by atoms with E-state index in [1.165, 1.54) is 12.1 Å². The fourth-order valence-corrected chi connectivity index (χ4v) is 2.95. The number of rotatable bonds is 8. The lowest BCUT2D eigenvalue weighted by molar-refractivity contribution is 0.0954. The summed E-state index contributed by atoms with van der Waals surface area (Å²) in [6.07, 6.45) is 3.02. The summed E-state index contributed by atoms with van der Waals surface area (Å²) in [6.45, 7) is 1.20. The van der Waals surface area contributed by atoms with Gasteiger partial charge in [0.1, 0.15) is 11.6 Å². The third kappa shape index (κ3) is 6.06. The van der Waals surface area contributed by atoms with Gasteiger partial charge in [-0.1, -0.05) is 35.9 Å². The van der Waals surface area contributed by atoms with Crippen LogP contribution >= 0.6 is 11.6 Å². The van der Waals surface area contributed by atoms with E-state index in [1.807, 2.05) is 24.3 Å². The maximum Gasteiger partial charge on any atom is 0.252 e. The van der Waals surface area contributed by atoms with Crippen molar-refractivity contribution in [3.8, 4) is 0 Å². The van der Waals surface area contributed by atoms with E-state index in [-0.39, 0.29) is 11.7 Å². The highest BCUT2D eigenvalue weighted by Gasteiger charge is 2.06. The quantitative estimate of drug-likeness (QED) is 0.588. The zero-order valence-electron chi connectivity index (χ0n) is 15.3. The number of hydrogen-bond acceptors (Lipinski definition) is 3. The van der Waals surface area contributed by atoms with Crippen LogP contribution in [0.2, 0.25) is 5.02 Å². The van der Waals surface area contributed by atoms with Gasteiger partial charge in [0.05, 0.1) is 5.56 Å². The largest absolute Gasteiger partial charge is 0.370 e. The van der Waals surface area contributed by atoms with Crippen molar-refractivity contribution in [3.63, 3.8) is 0 Å². The molecule has 4 nitrogen and oxygen atoms in total. The van der Waals surface area contributed by atoms with Crippen LogP contribution in [0.25, 0.3) is 0 Å². The minimum Gasteiger partial charge on any atom is -0.370 e. The van der Waals surface area contributed by atoms with Crippen LogP contribution < -0.4 is 10.6 Å². The monoisotopic (exact) mass is 397 g/mol. The zero-order chi connectivity index (χ0) is 19.8. The molecule has 0 aliphatic carbocycles. The van der Waals surface area contributed by atoms with Gasteiger partial charge in [-0.15, -0.1) is 0 Å². The molecule has 3 rings (SSSR count). The molecule has 0 saturated carbocycles. The second-order valence-electron chi connectivity index (χ2n) is 6.37. The Bertz CT molecular complexity index is 914. The van der Waals surface area contributed by atoms with Crippen LogP contribution in [0.1, 0.15) is 21.5 Å². The van der Waals surface area contributed by atoms with Crippen molar-refractivity contribution >= 4 is 23.3 Å². The highest BCUT2D eigenvalue weighted by molar-refractivity contribution is 6.30. The fraction of sp³-hybridized carbons (Fsp3) is 0.182. The summed E-state index contributed by atoms with van der Waals surface area (Å²) < 4.78 is 12.9. The Morgan fingerprint density at radius 3 is 2.46 bits per heavy atom. The van der Waals surface area contributed by atoms with Crippen molar-refractivity contribution in [2.75, 3.05) is 18.4 Å². The third-order valence-corrected chi connectivity index (χ3v) is 4.48. The maximum absolute atomic E-state index is 12.9. The summed E-state index contributed by atoms with van der Waals surface area (Å²) in [7, 11) is 0. The van der Waals surface area contributed by atoms with E-state index < -0.39 is 0 Å². The van der Waals surface area contributed by atoms with Gasteiger partial charge in [0.2, 0.25) is 0 Å². The summed E-state index contributed by atoms with van der Waals surface area (Å²) in [5, 5.41) is 6.80. The number of anilines is 1. The number of benzene rings is 2. The van der Waals surface area contributed by atoms with Crippen molar-refractivity contribution in [1.82, 2.24) is 10.3 Å². The van der Waals surface area contributed by atoms with Crippen LogP contribution in [-0.4, -0.2) is 24.0 Å². The molecular formula is C22H21ClFN3O. The van der Waals surface area contributed by atoms with Gasteiger partial charge in [-0.2, -0.15) is 0 Å². The first-order valence-corrected chi connectivity index (χ1v) is 9.45. The molecule has 1 amide bonds. The van der Waals surface area contributed by atoms with E-state index in [9.17, 15) is 9.18 Å². The Morgan fingerprint density at radius 1 is 0.964 bits per heavy atom. The number of hydrogen-bond donors (Lipinski definition) is 2. The van der Waals surface area contributed by atoms with E-state index in [1.54, 1.807) is 30.5 Å². The summed E-state index contributed by atoms with van der Waals surface area (Å²) in [6, 6.07) is 17.5. The average molecular weight is 398 g/mol. The average Bonchev–Trinajstić information content (AvgIpc) is 2.70. The number of pyridine rings is 1. The first kappa shape index (κ1) is 19.8. The van der Waals surface area contributed by atoms with Gasteiger partial charge >= 0.3 is 0 Å². The van der Waals surface area contributed by atoms with Crippen LogP contribution in [0.4, 0.5) is 10.2 Å². The maximum atomic E-state index is 12.9. The molecule has 0 atom stereocenters. The number of aromatic nitrogens is 1. The van der Waals surface area contributed by atoms with Crippen LogP contribution in [0.15, 0.2) is 66.9 Å². The normalized spacial score (nSPS) is 10.5. The zero-order valence-corrected chi connectivity index (χ0v) is 16.0. The van der Waals surface area contributed by atoms with E-state index in [0.29, 0.717) is 24.3 Å². The summed E-state index contributed by atoms with van der Waals surface area (Å²) in [4.78, 5) is 16.5. The highest BCUT2D eigenvalue weighted by Crippen LogP contribution is 2.12. The molecule has 0 unspecified atom stereocenters. The smallest absolute Gasteiger partial charge is 0.252 e. The highest BCUT2D eigenvalue weighted by atomic mass is 35.5. The molecule has 6 heteroatoms. The van der Waals surface area contributed by atoms with E-state index in [0.717, 1.165) is 29.1 Å². The predicted octanol–water partition coefficient (Wildman–Crippen LogP) is 4.50. The molecule has 0 aliphatic heterocycles. The minimum absolute atomic E-state index is 0.180.